The fourth-order valence-corrected chi connectivity index (χ4v) is 6.64. The predicted octanol–water partition coefficient (Wildman–Crippen LogP) is 5.16. The molecule has 10 heteroatoms. The lowest BCUT2D eigenvalue weighted by Gasteiger charge is -2.33. The first-order chi connectivity index (χ1) is 20.7. The number of sulfonamides is 1. The van der Waals surface area contributed by atoms with Crippen molar-refractivity contribution in [1.29, 1.82) is 0 Å². The largest absolute Gasteiger partial charge is 0.497 e. The number of carbonyl (C=O) groups is 2. The van der Waals surface area contributed by atoms with Crippen LogP contribution in [0.4, 0.5) is 5.69 Å². The molecule has 0 saturated heterocycles. The smallest absolute Gasteiger partial charge is 0.264 e. The summed E-state index contributed by atoms with van der Waals surface area (Å²) in [6, 6.07) is 21.0. The normalized spacial score (nSPS) is 14.4. The number of amides is 2. The first-order valence-electron chi connectivity index (χ1n) is 14.8. The summed E-state index contributed by atoms with van der Waals surface area (Å²) in [5, 5.41) is 3.12. The van der Waals surface area contributed by atoms with Crippen LogP contribution < -0.4 is 19.1 Å². The van der Waals surface area contributed by atoms with E-state index < -0.39 is 28.5 Å². The Morgan fingerprint density at radius 1 is 0.907 bits per heavy atom. The van der Waals surface area contributed by atoms with Gasteiger partial charge in [0.2, 0.25) is 11.8 Å². The molecule has 3 aromatic carbocycles. The highest BCUT2D eigenvalue weighted by atomic mass is 32.2. The predicted molar refractivity (Wildman–Crippen MR) is 167 cm³/mol. The molecule has 1 unspecified atom stereocenters. The molecule has 1 N–H and O–H groups in total. The molecule has 1 atom stereocenters. The van der Waals surface area contributed by atoms with Gasteiger partial charge in [0.1, 0.15) is 24.1 Å². The monoisotopic (exact) mass is 607 g/mol. The number of rotatable bonds is 13. The Hall–Kier alpha value is -4.05. The Labute approximate surface area is 254 Å². The molecule has 230 valence electrons. The molecule has 1 saturated carbocycles. The van der Waals surface area contributed by atoms with Crippen molar-refractivity contribution in [2.45, 2.75) is 69.5 Å². The van der Waals surface area contributed by atoms with Crippen LogP contribution in [-0.4, -0.2) is 57.5 Å². The lowest BCUT2D eigenvalue weighted by atomic mass is 9.95. The zero-order valence-corrected chi connectivity index (χ0v) is 25.9. The highest BCUT2D eigenvalue weighted by molar-refractivity contribution is 7.92. The van der Waals surface area contributed by atoms with Crippen molar-refractivity contribution in [3.63, 3.8) is 0 Å². The van der Waals surface area contributed by atoms with Gasteiger partial charge >= 0.3 is 0 Å². The Balaban J connectivity index is 1.66. The summed E-state index contributed by atoms with van der Waals surface area (Å²) in [6.45, 7) is 3.63. The molecule has 43 heavy (non-hydrogen) atoms. The Bertz CT molecular complexity index is 1440. The quantitative estimate of drug-likeness (QED) is 0.288. The Kier molecular flexibility index (Phi) is 11.1. The van der Waals surface area contributed by atoms with E-state index in [0.29, 0.717) is 23.8 Å². The first kappa shape index (κ1) is 31.9. The summed E-state index contributed by atoms with van der Waals surface area (Å²) in [7, 11) is -2.56. The fourth-order valence-electron chi connectivity index (χ4n) is 5.20. The minimum Gasteiger partial charge on any atom is -0.497 e. The number of methoxy groups -OCH3 is 1. The van der Waals surface area contributed by atoms with Gasteiger partial charge in [0.15, 0.2) is 0 Å². The maximum atomic E-state index is 14.1. The van der Waals surface area contributed by atoms with Crippen molar-refractivity contribution in [3.8, 4) is 11.5 Å². The van der Waals surface area contributed by atoms with Crippen LogP contribution >= 0.6 is 0 Å². The third kappa shape index (κ3) is 8.28. The second kappa shape index (κ2) is 14.9. The highest BCUT2D eigenvalue weighted by Gasteiger charge is 2.33. The number of anilines is 1. The third-order valence-electron chi connectivity index (χ3n) is 7.68. The van der Waals surface area contributed by atoms with Crippen LogP contribution in [0.1, 0.15) is 51.5 Å². The SMILES string of the molecule is CCOc1ccc(N(CC(=O)N(Cc2ccc(OC)cc2)C(C)C(=O)NC2CCCCC2)S(=O)(=O)c2ccccc2)cc1. The van der Waals surface area contributed by atoms with Crippen LogP contribution in [0.2, 0.25) is 0 Å². The first-order valence-corrected chi connectivity index (χ1v) is 16.2. The molecule has 1 fully saturated rings. The number of benzene rings is 3. The topological polar surface area (TPSA) is 105 Å². The lowest BCUT2D eigenvalue weighted by molar-refractivity contribution is -0.139. The van der Waals surface area contributed by atoms with Crippen molar-refractivity contribution < 1.29 is 27.5 Å². The maximum absolute atomic E-state index is 14.1. The Morgan fingerprint density at radius 2 is 1.53 bits per heavy atom. The van der Waals surface area contributed by atoms with Crippen LogP contribution in [0.25, 0.3) is 0 Å². The van der Waals surface area contributed by atoms with Crippen LogP contribution in [0.5, 0.6) is 11.5 Å². The van der Waals surface area contributed by atoms with E-state index in [4.69, 9.17) is 9.47 Å². The third-order valence-corrected chi connectivity index (χ3v) is 9.46. The van der Waals surface area contributed by atoms with E-state index in [2.05, 4.69) is 5.32 Å². The van der Waals surface area contributed by atoms with E-state index in [0.717, 1.165) is 42.0 Å². The van der Waals surface area contributed by atoms with Crippen molar-refractivity contribution in [3.05, 3.63) is 84.4 Å². The second-order valence-corrected chi connectivity index (χ2v) is 12.5. The number of hydrogen-bond donors (Lipinski definition) is 1. The van der Waals surface area contributed by atoms with Crippen LogP contribution in [0.15, 0.2) is 83.8 Å². The molecule has 0 aromatic heterocycles. The molecule has 0 spiro atoms. The van der Waals surface area contributed by atoms with E-state index in [-0.39, 0.29) is 23.4 Å². The van der Waals surface area contributed by atoms with Gasteiger partial charge in [0.25, 0.3) is 10.0 Å². The summed E-state index contributed by atoms with van der Waals surface area (Å²) in [6.07, 6.45) is 5.09. The average molecular weight is 608 g/mol. The van der Waals surface area contributed by atoms with Gasteiger partial charge in [0, 0.05) is 12.6 Å². The molecule has 1 aliphatic carbocycles. The van der Waals surface area contributed by atoms with Crippen molar-refractivity contribution in [1.82, 2.24) is 10.2 Å². The van der Waals surface area contributed by atoms with E-state index in [9.17, 15) is 18.0 Å². The summed E-state index contributed by atoms with van der Waals surface area (Å²) in [4.78, 5) is 29.1. The van der Waals surface area contributed by atoms with Gasteiger partial charge in [-0.15, -0.1) is 0 Å². The summed E-state index contributed by atoms with van der Waals surface area (Å²) < 4.78 is 39.8. The number of nitrogens with zero attached hydrogens (tertiary/aromatic N) is 2. The van der Waals surface area contributed by atoms with Crippen molar-refractivity contribution in [2.75, 3.05) is 24.6 Å². The van der Waals surface area contributed by atoms with Crippen molar-refractivity contribution in [2.24, 2.45) is 0 Å². The lowest BCUT2D eigenvalue weighted by Crippen LogP contribution is -2.53. The van der Waals surface area contributed by atoms with Crippen molar-refractivity contribution >= 4 is 27.5 Å². The molecule has 0 aliphatic heterocycles. The molecular weight excluding hydrogens is 566 g/mol. The van der Waals surface area contributed by atoms with Crippen LogP contribution in [0.3, 0.4) is 0 Å². The molecule has 0 bridgehead atoms. The molecule has 2 amide bonds. The summed E-state index contributed by atoms with van der Waals surface area (Å²) in [5.74, 6) is 0.493. The molecule has 0 radical (unpaired) electrons. The molecule has 4 rings (SSSR count). The Morgan fingerprint density at radius 3 is 2.14 bits per heavy atom. The average Bonchev–Trinajstić information content (AvgIpc) is 3.03. The standard InChI is InChI=1S/C33H41N3O6S/c1-4-42-30-21-17-28(18-22-30)36(43(39,40)31-13-9-6-10-14-31)24-32(37)35(23-26-15-19-29(41-3)20-16-26)25(2)33(38)34-27-11-7-5-8-12-27/h6,9-10,13-22,25,27H,4-5,7-8,11-12,23-24H2,1-3H3,(H,34,38). The number of hydrogen-bond acceptors (Lipinski definition) is 6. The summed E-state index contributed by atoms with van der Waals surface area (Å²) >= 11 is 0. The van der Waals surface area contributed by atoms with Gasteiger partial charge in [-0.3, -0.25) is 13.9 Å². The fraction of sp³-hybridized carbons (Fsp3) is 0.394. The molecular formula is C33H41N3O6S. The van der Waals surface area contributed by atoms with Gasteiger partial charge in [-0.05, 0) is 80.8 Å². The van der Waals surface area contributed by atoms with E-state index in [1.54, 1.807) is 68.6 Å². The number of nitrogens with one attached hydrogen (secondary N) is 1. The van der Waals surface area contributed by atoms with E-state index in [1.165, 1.54) is 17.0 Å². The molecule has 9 nitrogen and oxygen atoms in total. The van der Waals surface area contributed by atoms with Crippen LogP contribution in [-0.2, 0) is 26.2 Å². The molecule has 0 heterocycles. The number of carbonyl (C=O) groups excluding carboxylic acids is 2. The van der Waals surface area contributed by atoms with Crippen LogP contribution in [0, 0.1) is 0 Å². The molecule has 1 aliphatic rings. The van der Waals surface area contributed by atoms with Gasteiger partial charge in [-0.25, -0.2) is 8.42 Å². The minimum atomic E-state index is -4.13. The van der Waals surface area contributed by atoms with Gasteiger partial charge in [-0.1, -0.05) is 49.6 Å². The van der Waals surface area contributed by atoms with Gasteiger partial charge in [-0.2, -0.15) is 0 Å². The van der Waals surface area contributed by atoms with Gasteiger partial charge in [0.05, 0.1) is 24.3 Å². The van der Waals surface area contributed by atoms with E-state index >= 15 is 0 Å². The summed E-state index contributed by atoms with van der Waals surface area (Å²) in [5.41, 5.74) is 1.09. The maximum Gasteiger partial charge on any atom is 0.264 e. The minimum absolute atomic E-state index is 0.0569. The zero-order valence-electron chi connectivity index (χ0n) is 25.1. The number of ether oxygens (including phenoxy) is 2. The zero-order chi connectivity index (χ0) is 30.8. The van der Waals surface area contributed by atoms with E-state index in [1.807, 2.05) is 19.1 Å². The van der Waals surface area contributed by atoms with Gasteiger partial charge < -0.3 is 19.7 Å². The molecule has 3 aromatic rings. The highest BCUT2D eigenvalue weighted by Crippen LogP contribution is 2.27. The second-order valence-electron chi connectivity index (χ2n) is 10.6.